The summed E-state index contributed by atoms with van der Waals surface area (Å²) in [6, 6.07) is 12.2. The number of benzene rings is 1. The van der Waals surface area contributed by atoms with Crippen molar-refractivity contribution < 1.29 is 14.0 Å². The SMILES string of the molecule is COc1ccc2c(c1)c(-c1cc3cccnc3[nH]1)cn2C1CNCC[N+]1(C)C(C)=O. The van der Waals surface area contributed by atoms with E-state index in [1.54, 1.807) is 20.2 Å². The van der Waals surface area contributed by atoms with Crippen molar-refractivity contribution in [2.75, 3.05) is 33.8 Å². The van der Waals surface area contributed by atoms with Gasteiger partial charge in [0.05, 0.1) is 39.7 Å². The van der Waals surface area contributed by atoms with E-state index in [1.807, 2.05) is 19.2 Å². The third kappa shape index (κ3) is 2.81. The molecule has 30 heavy (non-hydrogen) atoms. The molecule has 2 atom stereocenters. The molecule has 0 bridgehead atoms. The number of rotatable bonds is 3. The number of aromatic amines is 1. The zero-order valence-electron chi connectivity index (χ0n) is 17.5. The summed E-state index contributed by atoms with van der Waals surface area (Å²) in [5, 5.41) is 5.62. The van der Waals surface area contributed by atoms with Crippen molar-refractivity contribution in [1.29, 1.82) is 0 Å². The number of methoxy groups -OCH3 is 1. The first-order valence-electron chi connectivity index (χ1n) is 10.2. The molecule has 3 aromatic heterocycles. The average Bonchev–Trinajstić information content (AvgIpc) is 3.34. The predicted octanol–water partition coefficient (Wildman–Crippen LogP) is 3.29. The Balaban J connectivity index is 1.74. The van der Waals surface area contributed by atoms with Crippen molar-refractivity contribution in [3.8, 4) is 17.0 Å². The molecule has 1 aliphatic heterocycles. The number of hydrogen-bond donors (Lipinski definition) is 2. The molecule has 1 amide bonds. The van der Waals surface area contributed by atoms with E-state index in [-0.39, 0.29) is 12.1 Å². The van der Waals surface area contributed by atoms with E-state index in [1.165, 1.54) is 0 Å². The zero-order chi connectivity index (χ0) is 20.9. The van der Waals surface area contributed by atoms with E-state index in [4.69, 9.17) is 4.74 Å². The van der Waals surface area contributed by atoms with Crippen molar-refractivity contribution in [3.63, 3.8) is 0 Å². The molecule has 1 saturated heterocycles. The van der Waals surface area contributed by atoms with Crippen LogP contribution in [0.5, 0.6) is 5.75 Å². The molecule has 4 heterocycles. The van der Waals surface area contributed by atoms with Gasteiger partial charge in [-0.25, -0.2) is 14.3 Å². The second-order valence-corrected chi connectivity index (χ2v) is 8.15. The Morgan fingerprint density at radius 3 is 2.93 bits per heavy atom. The molecule has 4 aromatic rings. The first kappa shape index (κ1) is 18.8. The number of quaternary nitrogens is 1. The van der Waals surface area contributed by atoms with Crippen LogP contribution in [0.2, 0.25) is 0 Å². The van der Waals surface area contributed by atoms with Crippen LogP contribution in [0.4, 0.5) is 0 Å². The van der Waals surface area contributed by atoms with Gasteiger partial charge >= 0.3 is 5.91 Å². The average molecular weight is 404 g/mol. The van der Waals surface area contributed by atoms with Crippen LogP contribution in [0.15, 0.2) is 48.8 Å². The molecule has 1 aliphatic rings. The fourth-order valence-electron chi connectivity index (χ4n) is 4.56. The van der Waals surface area contributed by atoms with Crippen molar-refractivity contribution in [1.82, 2.24) is 19.9 Å². The molecule has 7 heteroatoms. The topological polar surface area (TPSA) is 71.9 Å². The summed E-state index contributed by atoms with van der Waals surface area (Å²) in [6.45, 7) is 4.03. The molecule has 0 aliphatic carbocycles. The Morgan fingerprint density at radius 1 is 1.30 bits per heavy atom. The minimum Gasteiger partial charge on any atom is -0.497 e. The number of hydrogen-bond acceptors (Lipinski definition) is 4. The summed E-state index contributed by atoms with van der Waals surface area (Å²) in [5.74, 6) is 0.981. The van der Waals surface area contributed by atoms with Gasteiger partial charge in [0, 0.05) is 41.0 Å². The maximum absolute atomic E-state index is 12.6. The number of piperazine rings is 1. The normalized spacial score (nSPS) is 21.9. The maximum atomic E-state index is 12.6. The summed E-state index contributed by atoms with van der Waals surface area (Å²) >= 11 is 0. The second kappa shape index (κ2) is 6.97. The molecule has 5 rings (SSSR count). The van der Waals surface area contributed by atoms with Gasteiger partial charge in [-0.1, -0.05) is 0 Å². The standard InChI is InChI=1S/C23H26N5O2/c1-15(29)28(2)10-9-24-13-22(28)27-14-19(18-12-17(30-3)6-7-21(18)27)20-11-16-5-4-8-25-23(16)26-20/h4-8,11-12,14,22,24H,9-10,13H2,1-3H3,(H,25,26)/q+1. The number of aromatic nitrogens is 3. The lowest BCUT2D eigenvalue weighted by atomic mass is 10.1. The van der Waals surface area contributed by atoms with Gasteiger partial charge in [-0.15, -0.1) is 0 Å². The monoisotopic (exact) mass is 404 g/mol. The van der Waals surface area contributed by atoms with Crippen LogP contribution < -0.4 is 10.1 Å². The van der Waals surface area contributed by atoms with Crippen LogP contribution in [-0.2, 0) is 4.79 Å². The molecule has 154 valence electrons. The molecule has 1 fully saturated rings. The molecular formula is C23H26N5O2+. The summed E-state index contributed by atoms with van der Waals surface area (Å²) in [6.07, 6.45) is 3.92. The van der Waals surface area contributed by atoms with Gasteiger partial charge < -0.3 is 15.0 Å². The Labute approximate surface area is 174 Å². The minimum atomic E-state index is -0.0246. The predicted molar refractivity (Wildman–Crippen MR) is 117 cm³/mol. The number of likely N-dealkylation sites (N-methyl/N-ethyl adjacent to an activating group) is 1. The number of pyridine rings is 1. The van der Waals surface area contributed by atoms with Crippen LogP contribution in [-0.4, -0.2) is 58.7 Å². The van der Waals surface area contributed by atoms with E-state index in [0.717, 1.165) is 58.6 Å². The van der Waals surface area contributed by atoms with E-state index in [2.05, 4.69) is 50.3 Å². The molecule has 2 unspecified atom stereocenters. The molecule has 0 spiro atoms. The third-order valence-corrected chi connectivity index (χ3v) is 6.50. The summed E-state index contributed by atoms with van der Waals surface area (Å²) in [7, 11) is 3.72. The molecule has 0 saturated carbocycles. The number of H-pyrrole nitrogens is 1. The number of ether oxygens (including phenoxy) is 1. The number of fused-ring (bicyclic) bond motifs is 2. The highest BCUT2D eigenvalue weighted by atomic mass is 16.5. The Kier molecular flexibility index (Phi) is 4.38. The van der Waals surface area contributed by atoms with Gasteiger partial charge in [0.25, 0.3) is 0 Å². The van der Waals surface area contributed by atoms with Crippen molar-refractivity contribution >= 4 is 27.8 Å². The number of nitrogens with zero attached hydrogens (tertiary/aromatic N) is 3. The first-order valence-corrected chi connectivity index (χ1v) is 10.2. The van der Waals surface area contributed by atoms with Crippen LogP contribution in [0.3, 0.4) is 0 Å². The summed E-state index contributed by atoms with van der Waals surface area (Å²) < 4.78 is 8.12. The molecule has 1 aromatic carbocycles. The highest BCUT2D eigenvalue weighted by molar-refractivity contribution is 5.98. The van der Waals surface area contributed by atoms with Crippen LogP contribution in [0.25, 0.3) is 33.2 Å². The number of amides is 1. The lowest BCUT2D eigenvalue weighted by Crippen LogP contribution is -2.61. The van der Waals surface area contributed by atoms with Crippen LogP contribution in [0, 0.1) is 0 Å². The largest absolute Gasteiger partial charge is 0.497 e. The van der Waals surface area contributed by atoms with Crippen LogP contribution in [0.1, 0.15) is 13.1 Å². The van der Waals surface area contributed by atoms with E-state index < -0.39 is 0 Å². The minimum absolute atomic E-state index is 0.0246. The van der Waals surface area contributed by atoms with Crippen molar-refractivity contribution in [2.45, 2.75) is 13.1 Å². The third-order valence-electron chi connectivity index (χ3n) is 6.50. The summed E-state index contributed by atoms with van der Waals surface area (Å²) in [4.78, 5) is 20.5. The quantitative estimate of drug-likeness (QED) is 0.514. The maximum Gasteiger partial charge on any atom is 0.312 e. The first-order chi connectivity index (χ1) is 14.5. The fraction of sp³-hybridized carbons (Fsp3) is 0.304. The van der Waals surface area contributed by atoms with E-state index >= 15 is 0 Å². The molecular weight excluding hydrogens is 378 g/mol. The van der Waals surface area contributed by atoms with Crippen molar-refractivity contribution in [2.24, 2.45) is 0 Å². The highest BCUT2D eigenvalue weighted by Crippen LogP contribution is 2.37. The fourth-order valence-corrected chi connectivity index (χ4v) is 4.56. The zero-order valence-corrected chi connectivity index (χ0v) is 17.5. The van der Waals surface area contributed by atoms with Gasteiger partial charge in [0.2, 0.25) is 0 Å². The Morgan fingerprint density at radius 2 is 2.17 bits per heavy atom. The van der Waals surface area contributed by atoms with Crippen molar-refractivity contribution in [3.05, 3.63) is 48.8 Å². The van der Waals surface area contributed by atoms with Gasteiger partial charge in [-0.3, -0.25) is 4.57 Å². The molecule has 2 N–H and O–H groups in total. The lowest BCUT2D eigenvalue weighted by molar-refractivity contribution is -0.878. The van der Waals surface area contributed by atoms with Gasteiger partial charge in [0.15, 0.2) is 6.17 Å². The van der Waals surface area contributed by atoms with Gasteiger partial charge in [0.1, 0.15) is 11.4 Å². The highest BCUT2D eigenvalue weighted by Gasteiger charge is 2.41. The second-order valence-electron chi connectivity index (χ2n) is 8.15. The number of carbonyl (C=O) groups is 1. The summed E-state index contributed by atoms with van der Waals surface area (Å²) in [5.41, 5.74) is 4.01. The van der Waals surface area contributed by atoms with Crippen LogP contribution >= 0.6 is 0 Å². The van der Waals surface area contributed by atoms with Gasteiger partial charge in [-0.2, -0.15) is 0 Å². The Bertz CT molecular complexity index is 1220. The van der Waals surface area contributed by atoms with Gasteiger partial charge in [-0.05, 0) is 36.4 Å². The van der Waals surface area contributed by atoms with E-state index in [0.29, 0.717) is 4.48 Å². The number of carbonyl (C=O) groups excluding carboxylic acids is 1. The molecule has 0 radical (unpaired) electrons. The lowest BCUT2D eigenvalue weighted by Gasteiger charge is -2.42. The molecule has 7 nitrogen and oxygen atoms in total. The Hall–Kier alpha value is -3.16. The van der Waals surface area contributed by atoms with E-state index in [9.17, 15) is 4.79 Å². The smallest absolute Gasteiger partial charge is 0.312 e. The number of nitrogens with one attached hydrogen (secondary N) is 2.